The van der Waals surface area contributed by atoms with Crippen LogP contribution in [0.2, 0.25) is 0 Å². The van der Waals surface area contributed by atoms with Crippen molar-refractivity contribution in [2.24, 2.45) is 17.7 Å². The molecule has 0 amide bonds. The Morgan fingerprint density at radius 2 is 2.18 bits per heavy atom. The molecule has 0 saturated heterocycles. The molecular formula is C23H34O5. The molecule has 5 nitrogen and oxygen atoms in total. The number of hydrogen-bond acceptors (Lipinski definition) is 4. The van der Waals surface area contributed by atoms with Gasteiger partial charge in [-0.2, -0.15) is 0 Å². The molecule has 5 atom stereocenters. The quantitative estimate of drug-likeness (QED) is 0.528. The van der Waals surface area contributed by atoms with Gasteiger partial charge in [0, 0.05) is 4.11 Å². The van der Waals surface area contributed by atoms with Crippen LogP contribution in [0, 0.1) is 17.7 Å². The fourth-order valence-corrected chi connectivity index (χ4v) is 4.41. The Morgan fingerprint density at radius 3 is 2.93 bits per heavy atom. The lowest BCUT2D eigenvalue weighted by molar-refractivity contribution is -0.139. The fourth-order valence-electron chi connectivity index (χ4n) is 4.41. The summed E-state index contributed by atoms with van der Waals surface area (Å²) < 4.78 is 40.2. The summed E-state index contributed by atoms with van der Waals surface area (Å²) in [6, 6.07) is 5.21. The van der Waals surface area contributed by atoms with Crippen LogP contribution in [0.5, 0.6) is 5.75 Å². The lowest BCUT2D eigenvalue weighted by atomic mass is 9.73. The van der Waals surface area contributed by atoms with Crippen molar-refractivity contribution < 1.29 is 30.3 Å². The predicted molar refractivity (Wildman–Crippen MR) is 107 cm³/mol. The van der Waals surface area contributed by atoms with Crippen LogP contribution < -0.4 is 4.74 Å². The molecule has 0 spiro atoms. The SMILES string of the molecule is [2H]C1([2H])[C@@H]2Cc3c(cccc3OCC(=O)O)C[C@@H]2[C@]([2H])(CC[C@@H](O)CCCCC)[C@@]1([2H])O. The summed E-state index contributed by atoms with van der Waals surface area (Å²) in [6.07, 6.45) is -1.41. The first kappa shape index (κ1) is 16.2. The number of rotatable bonds is 10. The molecule has 1 fully saturated rings. The zero-order valence-corrected chi connectivity index (χ0v) is 16.5. The van der Waals surface area contributed by atoms with Crippen molar-refractivity contribution in [3.8, 4) is 5.75 Å². The van der Waals surface area contributed by atoms with Crippen LogP contribution in [0.25, 0.3) is 0 Å². The summed E-state index contributed by atoms with van der Waals surface area (Å²) in [6.45, 7) is 1.56. The Labute approximate surface area is 173 Å². The van der Waals surface area contributed by atoms with Crippen LogP contribution in [0.4, 0.5) is 0 Å². The van der Waals surface area contributed by atoms with Crippen molar-refractivity contribution >= 4 is 5.97 Å². The van der Waals surface area contributed by atoms with Gasteiger partial charge in [0.05, 0.1) is 13.6 Å². The maximum Gasteiger partial charge on any atom is 0.341 e. The number of benzene rings is 1. The fraction of sp³-hybridized carbons (Fsp3) is 0.696. The molecule has 2 aliphatic rings. The highest BCUT2D eigenvalue weighted by Crippen LogP contribution is 2.48. The van der Waals surface area contributed by atoms with E-state index in [1.807, 2.05) is 6.07 Å². The topological polar surface area (TPSA) is 87.0 Å². The second-order valence-electron chi connectivity index (χ2n) is 7.90. The van der Waals surface area contributed by atoms with Gasteiger partial charge in [-0.25, -0.2) is 4.79 Å². The molecule has 3 rings (SSSR count). The van der Waals surface area contributed by atoms with Crippen molar-refractivity contribution in [1.82, 2.24) is 0 Å². The first-order valence-electron chi connectivity index (χ1n) is 12.3. The van der Waals surface area contributed by atoms with Crippen LogP contribution >= 0.6 is 0 Å². The van der Waals surface area contributed by atoms with Crippen molar-refractivity contribution in [2.75, 3.05) is 6.61 Å². The summed E-state index contributed by atoms with van der Waals surface area (Å²) in [4.78, 5) is 10.9. The van der Waals surface area contributed by atoms with Gasteiger partial charge >= 0.3 is 5.97 Å². The number of ether oxygens (including phenoxy) is 1. The van der Waals surface area contributed by atoms with Gasteiger partial charge in [0.25, 0.3) is 0 Å². The number of unbranched alkanes of at least 4 members (excludes halogenated alkanes) is 2. The standard InChI is InChI=1S/C23H34O5/c1-2-3-4-7-17(24)9-10-18-19-11-15-6-5-8-22(28-14-23(26)27)20(15)12-16(19)13-21(18)25/h5-6,8,16-19,21,24-25H,2-4,7,9-14H2,1H3,(H,26,27)/t16-,17-,18-,19-,21-/m0/s1/i13D2,18D,21D. The number of carboxylic acids is 1. The summed E-state index contributed by atoms with van der Waals surface area (Å²) in [5.74, 6) is -3.92. The molecule has 0 unspecified atom stereocenters. The molecule has 0 aromatic heterocycles. The van der Waals surface area contributed by atoms with E-state index in [-0.39, 0.29) is 19.3 Å². The zero-order valence-electron chi connectivity index (χ0n) is 20.5. The highest BCUT2D eigenvalue weighted by atomic mass is 16.5. The monoisotopic (exact) mass is 394 g/mol. The summed E-state index contributed by atoms with van der Waals surface area (Å²) in [5, 5.41) is 30.3. The Balaban J connectivity index is 1.87. The van der Waals surface area contributed by atoms with Gasteiger partial charge in [-0.1, -0.05) is 38.3 Å². The Kier molecular flexibility index (Phi) is 5.65. The van der Waals surface area contributed by atoms with Gasteiger partial charge in [-0.3, -0.25) is 0 Å². The van der Waals surface area contributed by atoms with E-state index < -0.39 is 48.9 Å². The summed E-state index contributed by atoms with van der Waals surface area (Å²) in [5.41, 5.74) is 1.50. The minimum absolute atomic E-state index is 0.0332. The molecule has 0 heterocycles. The van der Waals surface area contributed by atoms with Gasteiger partial charge in [-0.15, -0.1) is 0 Å². The number of carboxylic acid groups (broad SMARTS) is 1. The van der Waals surface area contributed by atoms with E-state index in [0.717, 1.165) is 24.8 Å². The molecule has 1 saturated carbocycles. The van der Waals surface area contributed by atoms with E-state index in [2.05, 4.69) is 6.92 Å². The van der Waals surface area contributed by atoms with Crippen molar-refractivity contribution in [1.29, 1.82) is 0 Å². The molecule has 1 aromatic rings. The number of fused-ring (bicyclic) bond motifs is 2. The normalized spacial score (nSPS) is 36.2. The average Bonchev–Trinajstić information content (AvgIpc) is 2.85. The average molecular weight is 395 g/mol. The van der Waals surface area contributed by atoms with E-state index in [1.165, 1.54) is 0 Å². The van der Waals surface area contributed by atoms with Gasteiger partial charge in [0.2, 0.25) is 0 Å². The van der Waals surface area contributed by atoms with Gasteiger partial charge in [-0.05, 0) is 73.4 Å². The van der Waals surface area contributed by atoms with E-state index >= 15 is 0 Å². The largest absolute Gasteiger partial charge is 0.482 e. The van der Waals surface area contributed by atoms with E-state index in [4.69, 9.17) is 15.3 Å². The number of carbonyl (C=O) groups is 1. The predicted octanol–water partition coefficient (Wildman–Crippen LogP) is 3.58. The van der Waals surface area contributed by atoms with Crippen LogP contribution in [-0.4, -0.2) is 40.1 Å². The molecule has 0 radical (unpaired) electrons. The molecule has 3 N–H and O–H groups in total. The minimum Gasteiger partial charge on any atom is -0.482 e. The van der Waals surface area contributed by atoms with E-state index in [1.54, 1.807) is 12.1 Å². The molecule has 2 aliphatic carbocycles. The number of aliphatic hydroxyl groups is 2. The maximum absolute atomic E-state index is 11.0. The van der Waals surface area contributed by atoms with Gasteiger partial charge in [0.1, 0.15) is 5.75 Å². The number of hydrogen-bond donors (Lipinski definition) is 3. The van der Waals surface area contributed by atoms with Gasteiger partial charge < -0.3 is 20.1 Å². The maximum atomic E-state index is 11.0. The van der Waals surface area contributed by atoms with Crippen molar-refractivity contribution in [3.05, 3.63) is 29.3 Å². The summed E-state index contributed by atoms with van der Waals surface area (Å²) >= 11 is 0. The third kappa shape index (κ3) is 5.06. The lowest BCUT2D eigenvalue weighted by Gasteiger charge is -2.32. The summed E-state index contributed by atoms with van der Waals surface area (Å²) in [7, 11) is 0. The second kappa shape index (κ2) is 9.75. The lowest BCUT2D eigenvalue weighted by Crippen LogP contribution is -2.28. The molecule has 5 heteroatoms. The first-order valence-corrected chi connectivity index (χ1v) is 10.3. The highest BCUT2D eigenvalue weighted by Gasteiger charge is 2.44. The van der Waals surface area contributed by atoms with Crippen LogP contribution in [-0.2, 0) is 17.6 Å². The minimum atomic E-state index is -2.64. The molecule has 1 aromatic carbocycles. The molecule has 156 valence electrons. The Morgan fingerprint density at radius 1 is 1.36 bits per heavy atom. The number of aliphatic hydroxyl groups excluding tert-OH is 1. The highest BCUT2D eigenvalue weighted by molar-refractivity contribution is 5.68. The van der Waals surface area contributed by atoms with Crippen LogP contribution in [0.3, 0.4) is 0 Å². The van der Waals surface area contributed by atoms with Crippen molar-refractivity contribution in [3.63, 3.8) is 0 Å². The smallest absolute Gasteiger partial charge is 0.341 e. The molecule has 28 heavy (non-hydrogen) atoms. The first-order chi connectivity index (χ1) is 15.0. The molecule has 0 bridgehead atoms. The number of aliphatic carboxylic acids is 1. The van der Waals surface area contributed by atoms with E-state index in [0.29, 0.717) is 24.2 Å². The zero-order chi connectivity index (χ0) is 23.7. The Bertz CT molecular complexity index is 831. The third-order valence-corrected chi connectivity index (χ3v) is 5.89. The van der Waals surface area contributed by atoms with Crippen molar-refractivity contribution in [2.45, 2.75) is 76.8 Å². The molecular weight excluding hydrogens is 356 g/mol. The van der Waals surface area contributed by atoms with Crippen LogP contribution in [0.15, 0.2) is 18.2 Å². The van der Waals surface area contributed by atoms with Crippen LogP contribution in [0.1, 0.15) is 68.4 Å². The third-order valence-electron chi connectivity index (χ3n) is 5.89. The molecule has 0 aliphatic heterocycles. The Hall–Kier alpha value is -1.59. The second-order valence-corrected chi connectivity index (χ2v) is 7.90. The van der Waals surface area contributed by atoms with Gasteiger partial charge in [0.15, 0.2) is 6.61 Å². The van der Waals surface area contributed by atoms with E-state index in [9.17, 15) is 15.0 Å².